The fourth-order valence-electron chi connectivity index (χ4n) is 4.45. The molecule has 0 aliphatic carbocycles. The van der Waals surface area contributed by atoms with Crippen molar-refractivity contribution >= 4 is 27.5 Å². The van der Waals surface area contributed by atoms with Gasteiger partial charge in [-0.05, 0) is 81.1 Å². The van der Waals surface area contributed by atoms with Crippen molar-refractivity contribution in [2.75, 3.05) is 18.0 Å². The quantitative estimate of drug-likeness (QED) is 0.319. The zero-order valence-electron chi connectivity index (χ0n) is 24.8. The molecule has 8 nitrogen and oxygen atoms in total. The van der Waals surface area contributed by atoms with E-state index in [1.165, 1.54) is 17.0 Å². The lowest BCUT2D eigenvalue weighted by Gasteiger charge is -2.34. The molecule has 0 fully saturated rings. The molecule has 0 saturated heterocycles. The molecule has 0 aliphatic heterocycles. The van der Waals surface area contributed by atoms with Crippen molar-refractivity contribution in [3.63, 3.8) is 0 Å². The SMILES string of the molecule is CCc1ccc(N(CC(=O)N(Cc2ccc(OC)cc2)[C@@H](CC)C(=O)NC(C)(C)C)S(=O)(=O)c2ccccc2)cc1. The number of benzene rings is 3. The summed E-state index contributed by atoms with van der Waals surface area (Å²) in [6.07, 6.45) is 1.14. The standard InChI is InChI=1S/C32H41N3O5S/c1-7-24-14-18-26(19-15-24)35(41(38,39)28-12-10-9-11-13-28)23-30(36)34(22-25-16-20-27(40-6)21-17-25)29(8-2)31(37)33-32(3,4)5/h9-21,29H,7-8,22-23H2,1-6H3,(H,33,37)/t29-/m0/s1. The van der Waals surface area contributed by atoms with Crippen LogP contribution < -0.4 is 14.4 Å². The maximum absolute atomic E-state index is 14.1. The van der Waals surface area contributed by atoms with Crippen molar-refractivity contribution in [3.05, 3.63) is 90.0 Å². The summed E-state index contributed by atoms with van der Waals surface area (Å²) in [5.41, 5.74) is 1.69. The molecule has 0 aromatic heterocycles. The Bertz CT molecular complexity index is 1400. The summed E-state index contributed by atoms with van der Waals surface area (Å²) in [5, 5.41) is 2.98. The van der Waals surface area contributed by atoms with Gasteiger partial charge in [0, 0.05) is 12.1 Å². The van der Waals surface area contributed by atoms with Gasteiger partial charge in [-0.15, -0.1) is 0 Å². The highest BCUT2D eigenvalue weighted by Crippen LogP contribution is 2.26. The number of ether oxygens (including phenoxy) is 1. The summed E-state index contributed by atoms with van der Waals surface area (Å²) in [6.45, 7) is 9.12. The molecule has 1 N–H and O–H groups in total. The van der Waals surface area contributed by atoms with E-state index in [1.54, 1.807) is 49.6 Å². The normalized spacial score (nSPS) is 12.3. The molecule has 3 aromatic carbocycles. The van der Waals surface area contributed by atoms with Crippen LogP contribution in [0.1, 0.15) is 52.2 Å². The van der Waals surface area contributed by atoms with E-state index >= 15 is 0 Å². The Morgan fingerprint density at radius 3 is 1.98 bits per heavy atom. The summed E-state index contributed by atoms with van der Waals surface area (Å²) < 4.78 is 34.2. The third kappa shape index (κ3) is 8.33. The molecule has 41 heavy (non-hydrogen) atoms. The fourth-order valence-corrected chi connectivity index (χ4v) is 5.88. The van der Waals surface area contributed by atoms with Crippen LogP contribution in [0.2, 0.25) is 0 Å². The molecule has 0 aliphatic rings. The van der Waals surface area contributed by atoms with E-state index in [2.05, 4.69) is 5.32 Å². The Labute approximate surface area is 244 Å². The fraction of sp³-hybridized carbons (Fsp3) is 0.375. The molecule has 220 valence electrons. The van der Waals surface area contributed by atoms with Crippen molar-refractivity contribution in [1.82, 2.24) is 10.2 Å². The lowest BCUT2D eigenvalue weighted by atomic mass is 10.1. The minimum Gasteiger partial charge on any atom is -0.497 e. The number of carbonyl (C=O) groups is 2. The Morgan fingerprint density at radius 1 is 0.878 bits per heavy atom. The maximum Gasteiger partial charge on any atom is 0.264 e. The van der Waals surface area contributed by atoms with E-state index in [0.29, 0.717) is 17.9 Å². The summed E-state index contributed by atoms with van der Waals surface area (Å²) in [4.78, 5) is 29.1. The van der Waals surface area contributed by atoms with Crippen molar-refractivity contribution < 1.29 is 22.7 Å². The molecule has 0 radical (unpaired) electrons. The lowest BCUT2D eigenvalue weighted by Crippen LogP contribution is -2.55. The van der Waals surface area contributed by atoms with Gasteiger partial charge in [-0.1, -0.05) is 56.3 Å². The Kier molecular flexibility index (Phi) is 10.6. The minimum atomic E-state index is -4.10. The van der Waals surface area contributed by atoms with E-state index in [0.717, 1.165) is 21.9 Å². The van der Waals surface area contributed by atoms with E-state index in [1.807, 2.05) is 58.9 Å². The van der Waals surface area contributed by atoms with Crippen molar-refractivity contribution in [2.45, 2.75) is 70.5 Å². The molecule has 3 rings (SSSR count). The number of methoxy groups -OCH3 is 1. The summed E-state index contributed by atoms with van der Waals surface area (Å²) >= 11 is 0. The number of amides is 2. The number of hydrogen-bond acceptors (Lipinski definition) is 5. The van der Waals surface area contributed by atoms with E-state index in [9.17, 15) is 18.0 Å². The van der Waals surface area contributed by atoms with Gasteiger partial charge in [0.05, 0.1) is 17.7 Å². The largest absolute Gasteiger partial charge is 0.497 e. The zero-order valence-corrected chi connectivity index (χ0v) is 25.6. The van der Waals surface area contributed by atoms with E-state index in [-0.39, 0.29) is 17.3 Å². The van der Waals surface area contributed by atoms with Gasteiger partial charge in [0.1, 0.15) is 18.3 Å². The Hall–Kier alpha value is -3.85. The zero-order chi connectivity index (χ0) is 30.2. The molecule has 0 unspecified atom stereocenters. The molecular weight excluding hydrogens is 538 g/mol. The van der Waals surface area contributed by atoms with Crippen LogP contribution in [-0.2, 0) is 32.6 Å². The molecule has 0 heterocycles. The topological polar surface area (TPSA) is 96.0 Å². The predicted molar refractivity (Wildman–Crippen MR) is 162 cm³/mol. The highest BCUT2D eigenvalue weighted by molar-refractivity contribution is 7.92. The van der Waals surface area contributed by atoms with Crippen LogP contribution in [0.15, 0.2) is 83.8 Å². The van der Waals surface area contributed by atoms with Crippen LogP contribution in [-0.4, -0.2) is 50.4 Å². The lowest BCUT2D eigenvalue weighted by molar-refractivity contribution is -0.141. The molecule has 0 saturated carbocycles. The molecular formula is C32H41N3O5S. The van der Waals surface area contributed by atoms with Gasteiger partial charge in [0.25, 0.3) is 10.0 Å². The number of rotatable bonds is 12. The van der Waals surface area contributed by atoms with Crippen LogP contribution >= 0.6 is 0 Å². The van der Waals surface area contributed by atoms with Crippen LogP contribution in [0, 0.1) is 0 Å². The van der Waals surface area contributed by atoms with Crippen molar-refractivity contribution in [1.29, 1.82) is 0 Å². The molecule has 2 amide bonds. The number of nitrogens with one attached hydrogen (secondary N) is 1. The molecule has 1 atom stereocenters. The number of sulfonamides is 1. The molecule has 0 spiro atoms. The van der Waals surface area contributed by atoms with Gasteiger partial charge >= 0.3 is 0 Å². The number of hydrogen-bond donors (Lipinski definition) is 1. The first kappa shape index (κ1) is 31.7. The first-order valence-corrected chi connectivity index (χ1v) is 15.2. The molecule has 9 heteroatoms. The highest BCUT2D eigenvalue weighted by atomic mass is 32.2. The van der Waals surface area contributed by atoms with Crippen molar-refractivity contribution in [3.8, 4) is 5.75 Å². The van der Waals surface area contributed by atoms with Gasteiger partial charge in [-0.2, -0.15) is 0 Å². The average Bonchev–Trinajstić information content (AvgIpc) is 2.95. The van der Waals surface area contributed by atoms with E-state index < -0.39 is 34.1 Å². The number of anilines is 1. The van der Waals surface area contributed by atoms with Gasteiger partial charge in [0.2, 0.25) is 11.8 Å². The highest BCUT2D eigenvalue weighted by Gasteiger charge is 2.34. The summed E-state index contributed by atoms with van der Waals surface area (Å²) in [5.74, 6) is -0.123. The second-order valence-electron chi connectivity index (χ2n) is 10.9. The van der Waals surface area contributed by atoms with Crippen LogP contribution in [0.3, 0.4) is 0 Å². The predicted octanol–water partition coefficient (Wildman–Crippen LogP) is 5.18. The third-order valence-electron chi connectivity index (χ3n) is 6.64. The van der Waals surface area contributed by atoms with Gasteiger partial charge in [-0.25, -0.2) is 8.42 Å². The Morgan fingerprint density at radius 2 is 1.46 bits per heavy atom. The van der Waals surface area contributed by atoms with Gasteiger partial charge in [0.15, 0.2) is 0 Å². The number of carbonyl (C=O) groups excluding carboxylic acids is 2. The molecule has 0 bridgehead atoms. The number of nitrogens with zero attached hydrogens (tertiary/aromatic N) is 2. The first-order chi connectivity index (χ1) is 19.4. The minimum absolute atomic E-state index is 0.0755. The smallest absolute Gasteiger partial charge is 0.264 e. The Balaban J connectivity index is 2.06. The summed E-state index contributed by atoms with van der Waals surface area (Å²) in [7, 11) is -2.52. The maximum atomic E-state index is 14.1. The van der Waals surface area contributed by atoms with Crippen LogP contribution in [0.5, 0.6) is 5.75 Å². The second kappa shape index (κ2) is 13.7. The molecule has 3 aromatic rings. The summed E-state index contributed by atoms with van der Waals surface area (Å²) in [6, 6.07) is 21.6. The third-order valence-corrected chi connectivity index (χ3v) is 8.43. The monoisotopic (exact) mass is 579 g/mol. The second-order valence-corrected chi connectivity index (χ2v) is 12.7. The van der Waals surface area contributed by atoms with Gasteiger partial charge in [-0.3, -0.25) is 13.9 Å². The van der Waals surface area contributed by atoms with Crippen LogP contribution in [0.25, 0.3) is 0 Å². The van der Waals surface area contributed by atoms with Crippen LogP contribution in [0.4, 0.5) is 5.69 Å². The van der Waals surface area contributed by atoms with Gasteiger partial charge < -0.3 is 15.0 Å². The van der Waals surface area contributed by atoms with Crippen molar-refractivity contribution in [2.24, 2.45) is 0 Å². The first-order valence-electron chi connectivity index (χ1n) is 13.8. The average molecular weight is 580 g/mol. The van der Waals surface area contributed by atoms with E-state index in [4.69, 9.17) is 4.74 Å². The number of aryl methyl sites for hydroxylation is 1.